The monoisotopic (exact) mass is 216 g/mol. The van der Waals surface area contributed by atoms with Crippen molar-refractivity contribution in [1.82, 2.24) is 0 Å². The highest BCUT2D eigenvalue weighted by Crippen LogP contribution is 2.37. The van der Waals surface area contributed by atoms with Crippen LogP contribution >= 0.6 is 0 Å². The Labute approximate surface area is 85.3 Å². The molecule has 2 atom stereocenters. The summed E-state index contributed by atoms with van der Waals surface area (Å²) in [5.41, 5.74) is 1.85. The highest BCUT2D eigenvalue weighted by atomic mass is 32.2. The van der Waals surface area contributed by atoms with Gasteiger partial charge in [0, 0.05) is 5.92 Å². The van der Waals surface area contributed by atoms with Crippen molar-refractivity contribution in [3.05, 3.63) is 23.3 Å². The molecule has 3 nitrogen and oxygen atoms in total. The molecular formula is C10H16O3S. The van der Waals surface area contributed by atoms with Crippen molar-refractivity contribution in [2.75, 3.05) is 0 Å². The lowest BCUT2D eigenvalue weighted by Gasteiger charge is -2.33. The minimum atomic E-state index is -4.06. The molecule has 0 amide bonds. The average Bonchev–Trinajstić information content (AvgIpc) is 1.97. The van der Waals surface area contributed by atoms with E-state index in [2.05, 4.69) is 0 Å². The van der Waals surface area contributed by atoms with Gasteiger partial charge in [-0.1, -0.05) is 30.2 Å². The molecule has 0 aromatic carbocycles. The van der Waals surface area contributed by atoms with Crippen molar-refractivity contribution in [3.8, 4) is 0 Å². The molecule has 1 N–H and O–H groups in total. The van der Waals surface area contributed by atoms with Crippen LogP contribution in [-0.2, 0) is 10.1 Å². The number of hydrogen-bond acceptors (Lipinski definition) is 2. The van der Waals surface area contributed by atoms with Crippen LogP contribution in [-0.4, -0.2) is 17.7 Å². The van der Waals surface area contributed by atoms with Gasteiger partial charge in [-0.15, -0.1) is 0 Å². The van der Waals surface area contributed by atoms with Crippen LogP contribution in [0, 0.1) is 5.92 Å². The predicted octanol–water partition coefficient (Wildman–Crippen LogP) is 2.18. The topological polar surface area (TPSA) is 54.4 Å². The first kappa shape index (κ1) is 11.5. The van der Waals surface area contributed by atoms with Gasteiger partial charge in [0.15, 0.2) is 0 Å². The van der Waals surface area contributed by atoms with Crippen molar-refractivity contribution in [2.24, 2.45) is 5.92 Å². The second-order valence-corrected chi connectivity index (χ2v) is 5.99. The molecule has 1 aliphatic rings. The standard InChI is InChI=1S/C10H16O3S/c1-7-5-8(2)9(3)10(4,6-7)14(11,12)13/h5-6,9H,1-4H3,(H,11,12,13). The predicted molar refractivity (Wildman–Crippen MR) is 56.6 cm³/mol. The molecule has 0 radical (unpaired) electrons. The normalized spacial score (nSPS) is 33.6. The van der Waals surface area contributed by atoms with Gasteiger partial charge in [0.2, 0.25) is 0 Å². The van der Waals surface area contributed by atoms with Crippen LogP contribution in [0.4, 0.5) is 0 Å². The lowest BCUT2D eigenvalue weighted by molar-refractivity contribution is 0.418. The molecule has 0 saturated heterocycles. The first-order chi connectivity index (χ1) is 6.18. The molecule has 0 aromatic rings. The van der Waals surface area contributed by atoms with Gasteiger partial charge in [-0.25, -0.2) is 0 Å². The summed E-state index contributed by atoms with van der Waals surface area (Å²) in [6.07, 6.45) is 3.55. The van der Waals surface area contributed by atoms with E-state index >= 15 is 0 Å². The second kappa shape index (κ2) is 3.21. The van der Waals surface area contributed by atoms with E-state index in [1.165, 1.54) is 0 Å². The fourth-order valence-corrected chi connectivity index (χ4v) is 2.82. The van der Waals surface area contributed by atoms with Crippen LogP contribution in [0.5, 0.6) is 0 Å². The van der Waals surface area contributed by atoms with Gasteiger partial charge in [-0.3, -0.25) is 4.55 Å². The summed E-state index contributed by atoms with van der Waals surface area (Å²) >= 11 is 0. The summed E-state index contributed by atoms with van der Waals surface area (Å²) in [5, 5.41) is 0. The minimum absolute atomic E-state index is 0.193. The average molecular weight is 216 g/mol. The van der Waals surface area contributed by atoms with Gasteiger partial charge >= 0.3 is 0 Å². The van der Waals surface area contributed by atoms with Crippen LogP contribution < -0.4 is 0 Å². The summed E-state index contributed by atoms with van der Waals surface area (Å²) in [6.45, 7) is 7.07. The molecule has 0 aliphatic heterocycles. The number of hydrogen-bond donors (Lipinski definition) is 1. The van der Waals surface area contributed by atoms with E-state index < -0.39 is 14.9 Å². The first-order valence-corrected chi connectivity index (χ1v) is 5.97. The van der Waals surface area contributed by atoms with Crippen LogP contribution in [0.25, 0.3) is 0 Å². The summed E-state index contributed by atoms with van der Waals surface area (Å²) < 4.78 is 30.6. The highest BCUT2D eigenvalue weighted by Gasteiger charge is 2.43. The molecule has 2 unspecified atom stereocenters. The van der Waals surface area contributed by atoms with Crippen molar-refractivity contribution in [1.29, 1.82) is 0 Å². The van der Waals surface area contributed by atoms with E-state index in [1.807, 2.05) is 26.8 Å². The maximum Gasteiger partial charge on any atom is 0.274 e. The van der Waals surface area contributed by atoms with Crippen molar-refractivity contribution >= 4 is 10.1 Å². The summed E-state index contributed by atoms with van der Waals surface area (Å²) in [4.78, 5) is 0. The summed E-state index contributed by atoms with van der Waals surface area (Å²) in [6, 6.07) is 0. The Bertz CT molecular complexity index is 403. The Morgan fingerprint density at radius 3 is 2.36 bits per heavy atom. The lowest BCUT2D eigenvalue weighted by Crippen LogP contribution is -2.41. The molecule has 0 saturated carbocycles. The molecule has 0 fully saturated rings. The zero-order valence-corrected chi connectivity index (χ0v) is 9.72. The summed E-state index contributed by atoms with van der Waals surface area (Å²) in [7, 11) is -4.06. The largest absolute Gasteiger partial charge is 0.285 e. The molecular weight excluding hydrogens is 200 g/mol. The molecule has 0 bridgehead atoms. The van der Waals surface area contributed by atoms with E-state index in [4.69, 9.17) is 0 Å². The van der Waals surface area contributed by atoms with Gasteiger partial charge < -0.3 is 0 Å². The molecule has 80 valence electrons. The van der Waals surface area contributed by atoms with Gasteiger partial charge in [-0.05, 0) is 20.8 Å². The maximum absolute atomic E-state index is 11.3. The molecule has 0 heterocycles. The van der Waals surface area contributed by atoms with Crippen molar-refractivity contribution < 1.29 is 13.0 Å². The van der Waals surface area contributed by atoms with Crippen LogP contribution in [0.15, 0.2) is 23.3 Å². The zero-order chi connectivity index (χ0) is 11.1. The molecule has 14 heavy (non-hydrogen) atoms. The van der Waals surface area contributed by atoms with Crippen LogP contribution in [0.2, 0.25) is 0 Å². The molecule has 0 aromatic heterocycles. The lowest BCUT2D eigenvalue weighted by atomic mass is 9.82. The highest BCUT2D eigenvalue weighted by molar-refractivity contribution is 7.87. The van der Waals surface area contributed by atoms with Gasteiger partial charge in [0.1, 0.15) is 4.75 Å². The Morgan fingerprint density at radius 1 is 1.43 bits per heavy atom. The van der Waals surface area contributed by atoms with Crippen LogP contribution in [0.1, 0.15) is 27.7 Å². The fraction of sp³-hybridized carbons (Fsp3) is 0.600. The number of rotatable bonds is 1. The second-order valence-electron chi connectivity index (χ2n) is 4.16. The van der Waals surface area contributed by atoms with Crippen LogP contribution in [0.3, 0.4) is 0 Å². The molecule has 4 heteroatoms. The maximum atomic E-state index is 11.3. The van der Waals surface area contributed by atoms with E-state index in [0.717, 1.165) is 11.1 Å². The van der Waals surface area contributed by atoms with E-state index in [-0.39, 0.29) is 5.92 Å². The minimum Gasteiger partial charge on any atom is -0.285 e. The Morgan fingerprint density at radius 2 is 1.93 bits per heavy atom. The first-order valence-electron chi connectivity index (χ1n) is 4.53. The quantitative estimate of drug-likeness (QED) is 0.683. The van der Waals surface area contributed by atoms with E-state index in [0.29, 0.717) is 0 Å². The zero-order valence-electron chi connectivity index (χ0n) is 8.90. The van der Waals surface area contributed by atoms with Gasteiger partial charge in [-0.2, -0.15) is 8.42 Å². The third-order valence-electron chi connectivity index (χ3n) is 3.07. The third-order valence-corrected chi connectivity index (χ3v) is 4.65. The molecule has 0 spiro atoms. The third kappa shape index (κ3) is 1.64. The fourth-order valence-electron chi connectivity index (χ4n) is 1.85. The van der Waals surface area contributed by atoms with Gasteiger partial charge in [0.25, 0.3) is 10.1 Å². The Hall–Kier alpha value is -0.610. The van der Waals surface area contributed by atoms with E-state index in [9.17, 15) is 13.0 Å². The molecule has 1 aliphatic carbocycles. The van der Waals surface area contributed by atoms with Gasteiger partial charge in [0.05, 0.1) is 0 Å². The number of allylic oxidation sites excluding steroid dienone is 3. The Balaban J connectivity index is 3.34. The summed E-state index contributed by atoms with van der Waals surface area (Å²) in [5.74, 6) is -0.193. The Kier molecular flexibility index (Phi) is 2.63. The van der Waals surface area contributed by atoms with Crippen molar-refractivity contribution in [2.45, 2.75) is 32.4 Å². The van der Waals surface area contributed by atoms with E-state index in [1.54, 1.807) is 13.0 Å². The smallest absolute Gasteiger partial charge is 0.274 e. The SMILES string of the molecule is CC1=CC(C)(S(=O)(=O)O)C(C)C(C)=C1. The van der Waals surface area contributed by atoms with Crippen molar-refractivity contribution in [3.63, 3.8) is 0 Å². The molecule has 1 rings (SSSR count).